The van der Waals surface area contributed by atoms with E-state index in [1.165, 1.54) is 12.1 Å². The van der Waals surface area contributed by atoms with E-state index in [1.807, 2.05) is 0 Å². The largest absolute Gasteiger partial charge is 0.478 e. The molecular formula is C12H11BrN2O3. The van der Waals surface area contributed by atoms with Gasteiger partial charge in [-0.1, -0.05) is 15.9 Å². The Balaban J connectivity index is 2.77. The van der Waals surface area contributed by atoms with Crippen molar-refractivity contribution in [1.82, 2.24) is 5.32 Å². The molecule has 0 fully saturated rings. The second-order valence-electron chi connectivity index (χ2n) is 3.33. The van der Waals surface area contributed by atoms with Crippen LogP contribution in [0.2, 0.25) is 0 Å². The number of carboxylic acid groups (broad SMARTS) is 1. The number of benzene rings is 1. The van der Waals surface area contributed by atoms with E-state index in [1.54, 1.807) is 6.07 Å². The number of amides is 2. The maximum absolute atomic E-state index is 11.5. The third-order valence-electron chi connectivity index (χ3n) is 2.02. The fourth-order valence-corrected chi connectivity index (χ4v) is 1.58. The Kier molecular flexibility index (Phi) is 5.21. The van der Waals surface area contributed by atoms with Gasteiger partial charge < -0.3 is 15.7 Å². The lowest BCUT2D eigenvalue weighted by Crippen LogP contribution is -2.30. The van der Waals surface area contributed by atoms with Gasteiger partial charge in [0.2, 0.25) is 0 Å². The molecule has 0 aromatic heterocycles. The fraction of sp³-hybridized carbons (Fsp3) is 0.167. The summed E-state index contributed by atoms with van der Waals surface area (Å²) in [7, 11) is 0. The lowest BCUT2D eigenvalue weighted by molar-refractivity contribution is 0.0698. The van der Waals surface area contributed by atoms with Gasteiger partial charge in [0.25, 0.3) is 0 Å². The number of halogens is 1. The summed E-state index contributed by atoms with van der Waals surface area (Å²) in [6.07, 6.45) is 5.46. The normalized spacial score (nSPS) is 9.33. The highest BCUT2D eigenvalue weighted by atomic mass is 79.9. The van der Waals surface area contributed by atoms with E-state index >= 15 is 0 Å². The van der Waals surface area contributed by atoms with Crippen LogP contribution < -0.4 is 10.6 Å². The predicted octanol–water partition coefficient (Wildman–Crippen LogP) is 2.29. The lowest BCUT2D eigenvalue weighted by atomic mass is 10.2. The quantitative estimate of drug-likeness (QED) is 0.590. The minimum absolute atomic E-state index is 0.0188. The van der Waals surface area contributed by atoms with Crippen molar-refractivity contribution in [2.24, 2.45) is 0 Å². The molecule has 0 bridgehead atoms. The Labute approximate surface area is 113 Å². The highest BCUT2D eigenvalue weighted by Gasteiger charge is 2.12. The van der Waals surface area contributed by atoms with Gasteiger partial charge in [-0.25, -0.2) is 9.59 Å². The van der Waals surface area contributed by atoms with Crippen molar-refractivity contribution in [3.05, 3.63) is 28.2 Å². The highest BCUT2D eigenvalue weighted by molar-refractivity contribution is 9.10. The van der Waals surface area contributed by atoms with Gasteiger partial charge in [0.05, 0.1) is 11.3 Å². The molecule has 3 N–H and O–H groups in total. The molecule has 1 rings (SSSR count). The number of carboxylic acids is 1. The number of anilines is 1. The highest BCUT2D eigenvalue weighted by Crippen LogP contribution is 2.21. The van der Waals surface area contributed by atoms with Crippen LogP contribution in [0.5, 0.6) is 0 Å². The van der Waals surface area contributed by atoms with Crippen LogP contribution in [-0.4, -0.2) is 23.7 Å². The molecule has 0 atom stereocenters. The molecule has 0 heterocycles. The monoisotopic (exact) mass is 310 g/mol. The Morgan fingerprint density at radius 3 is 2.78 bits per heavy atom. The maximum Gasteiger partial charge on any atom is 0.337 e. The zero-order valence-corrected chi connectivity index (χ0v) is 11.0. The van der Waals surface area contributed by atoms with Crippen LogP contribution >= 0.6 is 15.9 Å². The van der Waals surface area contributed by atoms with E-state index in [0.29, 0.717) is 17.4 Å². The summed E-state index contributed by atoms with van der Waals surface area (Å²) >= 11 is 3.21. The van der Waals surface area contributed by atoms with Crippen molar-refractivity contribution in [2.45, 2.75) is 6.42 Å². The molecule has 0 radical (unpaired) electrons. The van der Waals surface area contributed by atoms with Crippen LogP contribution in [0, 0.1) is 12.3 Å². The molecule has 6 heteroatoms. The summed E-state index contributed by atoms with van der Waals surface area (Å²) in [4.78, 5) is 22.4. The third kappa shape index (κ3) is 4.11. The second-order valence-corrected chi connectivity index (χ2v) is 4.25. The number of carbonyl (C=O) groups is 2. The Hall–Kier alpha value is -2.00. The summed E-state index contributed by atoms with van der Waals surface area (Å²) < 4.78 is 0.673. The minimum Gasteiger partial charge on any atom is -0.478 e. The molecule has 0 aliphatic carbocycles. The zero-order chi connectivity index (χ0) is 13.5. The molecule has 0 aliphatic heterocycles. The smallest absolute Gasteiger partial charge is 0.337 e. The van der Waals surface area contributed by atoms with E-state index in [0.717, 1.165) is 0 Å². The minimum atomic E-state index is -1.11. The first-order valence-corrected chi connectivity index (χ1v) is 5.85. The Morgan fingerprint density at radius 2 is 2.17 bits per heavy atom. The van der Waals surface area contributed by atoms with Crippen LogP contribution in [0.15, 0.2) is 22.7 Å². The topological polar surface area (TPSA) is 78.4 Å². The number of urea groups is 1. The summed E-state index contributed by atoms with van der Waals surface area (Å²) in [5, 5.41) is 13.9. The predicted molar refractivity (Wildman–Crippen MR) is 71.6 cm³/mol. The third-order valence-corrected chi connectivity index (χ3v) is 2.51. The molecular weight excluding hydrogens is 300 g/mol. The van der Waals surface area contributed by atoms with E-state index in [9.17, 15) is 9.59 Å². The van der Waals surface area contributed by atoms with E-state index in [4.69, 9.17) is 11.5 Å². The fourth-order valence-electron chi connectivity index (χ4n) is 1.22. The van der Waals surface area contributed by atoms with Crippen molar-refractivity contribution < 1.29 is 14.7 Å². The molecule has 0 saturated carbocycles. The van der Waals surface area contributed by atoms with Crippen molar-refractivity contribution in [2.75, 3.05) is 11.9 Å². The molecule has 18 heavy (non-hydrogen) atoms. The van der Waals surface area contributed by atoms with Gasteiger partial charge in [-0.2, -0.15) is 0 Å². The van der Waals surface area contributed by atoms with Gasteiger partial charge in [0.1, 0.15) is 0 Å². The molecule has 5 nitrogen and oxygen atoms in total. The van der Waals surface area contributed by atoms with Crippen LogP contribution in [0.25, 0.3) is 0 Å². The molecule has 0 saturated heterocycles. The molecule has 1 aromatic carbocycles. The van der Waals surface area contributed by atoms with Crippen LogP contribution in [0.4, 0.5) is 10.5 Å². The summed E-state index contributed by atoms with van der Waals surface area (Å²) in [5.74, 6) is 1.27. The van der Waals surface area contributed by atoms with Gasteiger partial charge in [-0.05, 0) is 18.2 Å². The van der Waals surface area contributed by atoms with Gasteiger partial charge in [-0.3, -0.25) is 0 Å². The Morgan fingerprint density at radius 1 is 1.44 bits per heavy atom. The van der Waals surface area contributed by atoms with Gasteiger partial charge in [-0.15, -0.1) is 12.3 Å². The molecule has 94 valence electrons. The van der Waals surface area contributed by atoms with Gasteiger partial charge in [0.15, 0.2) is 0 Å². The summed E-state index contributed by atoms with van der Waals surface area (Å²) in [5.41, 5.74) is 0.236. The number of nitrogens with one attached hydrogen (secondary N) is 2. The van der Waals surface area contributed by atoms with Crippen molar-refractivity contribution in [3.8, 4) is 12.3 Å². The van der Waals surface area contributed by atoms with Crippen molar-refractivity contribution >= 4 is 33.6 Å². The van der Waals surface area contributed by atoms with Crippen molar-refractivity contribution in [1.29, 1.82) is 0 Å². The standard InChI is InChI=1S/C12H11BrN2O3/c1-2-3-6-14-12(18)15-10-7-8(13)4-5-9(10)11(16)17/h1,4-5,7H,3,6H2,(H,16,17)(H2,14,15,18). The first kappa shape index (κ1) is 14.1. The van der Waals surface area contributed by atoms with E-state index in [2.05, 4.69) is 32.5 Å². The van der Waals surface area contributed by atoms with Gasteiger partial charge in [0, 0.05) is 17.4 Å². The average Bonchev–Trinajstić information content (AvgIpc) is 2.29. The first-order valence-electron chi connectivity index (χ1n) is 5.05. The molecule has 0 unspecified atom stereocenters. The van der Waals surface area contributed by atoms with E-state index < -0.39 is 12.0 Å². The number of hydrogen-bond acceptors (Lipinski definition) is 2. The zero-order valence-electron chi connectivity index (χ0n) is 9.37. The number of carbonyl (C=O) groups excluding carboxylic acids is 1. The van der Waals surface area contributed by atoms with Crippen LogP contribution in [-0.2, 0) is 0 Å². The molecule has 2 amide bonds. The van der Waals surface area contributed by atoms with E-state index in [-0.39, 0.29) is 11.3 Å². The average molecular weight is 311 g/mol. The summed E-state index contributed by atoms with van der Waals surface area (Å²) in [6.45, 7) is 0.332. The molecule has 0 aliphatic rings. The van der Waals surface area contributed by atoms with Crippen LogP contribution in [0.1, 0.15) is 16.8 Å². The summed E-state index contributed by atoms with van der Waals surface area (Å²) in [6, 6.07) is 4.02. The number of aromatic carboxylic acids is 1. The first-order chi connectivity index (χ1) is 8.54. The molecule has 1 aromatic rings. The second kappa shape index (κ2) is 6.67. The van der Waals surface area contributed by atoms with Crippen molar-refractivity contribution in [3.63, 3.8) is 0 Å². The Bertz CT molecular complexity index is 509. The lowest BCUT2D eigenvalue weighted by Gasteiger charge is -2.09. The SMILES string of the molecule is C#CCCNC(=O)Nc1cc(Br)ccc1C(=O)O. The maximum atomic E-state index is 11.5. The van der Waals surface area contributed by atoms with Gasteiger partial charge >= 0.3 is 12.0 Å². The van der Waals surface area contributed by atoms with Crippen LogP contribution in [0.3, 0.4) is 0 Å². The molecule has 0 spiro atoms. The number of terminal acetylenes is 1. The number of hydrogen-bond donors (Lipinski definition) is 3. The number of rotatable bonds is 4.